The Kier molecular flexibility index (Phi) is 7.21. The van der Waals surface area contributed by atoms with Crippen molar-refractivity contribution < 1.29 is 24.2 Å². The third-order valence-electron chi connectivity index (χ3n) is 4.34. The predicted molar refractivity (Wildman–Crippen MR) is 88.5 cm³/mol. The van der Waals surface area contributed by atoms with Crippen molar-refractivity contribution in [3.8, 4) is 0 Å². The maximum atomic E-state index is 12.1. The van der Waals surface area contributed by atoms with Gasteiger partial charge >= 0.3 is 5.97 Å². The molecule has 0 radical (unpaired) electrons. The fourth-order valence-electron chi connectivity index (χ4n) is 3.04. The summed E-state index contributed by atoms with van der Waals surface area (Å²) in [5.41, 5.74) is 1.90. The van der Waals surface area contributed by atoms with Crippen LogP contribution in [0, 0.1) is 11.8 Å². The first-order valence-electron chi connectivity index (χ1n) is 8.24. The average Bonchev–Trinajstić information content (AvgIpc) is 2.56. The van der Waals surface area contributed by atoms with Crippen LogP contribution in [-0.2, 0) is 32.1 Å². The first kappa shape index (κ1) is 18.4. The molecule has 2 rings (SSSR count). The van der Waals surface area contributed by atoms with Gasteiger partial charge in [-0.05, 0) is 29.9 Å². The van der Waals surface area contributed by atoms with Gasteiger partial charge in [-0.3, -0.25) is 9.59 Å². The van der Waals surface area contributed by atoms with E-state index in [9.17, 15) is 14.7 Å². The molecule has 2 N–H and O–H groups in total. The summed E-state index contributed by atoms with van der Waals surface area (Å²) in [5.74, 6) is -1.52. The average molecular weight is 335 g/mol. The minimum absolute atomic E-state index is 0.0570. The molecule has 1 unspecified atom stereocenters. The maximum Gasteiger partial charge on any atom is 0.308 e. The van der Waals surface area contributed by atoms with Crippen LogP contribution in [0.25, 0.3) is 0 Å². The summed E-state index contributed by atoms with van der Waals surface area (Å²) in [5, 5.41) is 12.2. The van der Waals surface area contributed by atoms with Crippen LogP contribution in [0.3, 0.4) is 0 Å². The molecule has 1 aromatic rings. The van der Waals surface area contributed by atoms with Crippen molar-refractivity contribution >= 4 is 11.9 Å². The third kappa shape index (κ3) is 5.62. The quantitative estimate of drug-likeness (QED) is 0.754. The summed E-state index contributed by atoms with van der Waals surface area (Å²) in [6, 6.07) is 7.64. The van der Waals surface area contributed by atoms with Crippen LogP contribution in [0.5, 0.6) is 0 Å². The van der Waals surface area contributed by atoms with Crippen molar-refractivity contribution in [2.45, 2.75) is 25.9 Å². The van der Waals surface area contributed by atoms with E-state index in [-0.39, 0.29) is 24.8 Å². The lowest BCUT2D eigenvalue weighted by Gasteiger charge is -2.27. The van der Waals surface area contributed by atoms with Gasteiger partial charge in [-0.2, -0.15) is 0 Å². The molecule has 1 aliphatic rings. The molecule has 1 saturated heterocycles. The molecule has 1 atom stereocenters. The predicted octanol–water partition coefficient (Wildman–Crippen LogP) is 1.62. The van der Waals surface area contributed by atoms with E-state index in [1.807, 2.05) is 24.3 Å². The fourth-order valence-corrected chi connectivity index (χ4v) is 3.04. The van der Waals surface area contributed by atoms with E-state index in [0.29, 0.717) is 19.8 Å². The molecule has 6 nitrogen and oxygen atoms in total. The Morgan fingerprint density at radius 1 is 1.33 bits per heavy atom. The summed E-state index contributed by atoms with van der Waals surface area (Å²) in [6.07, 6.45) is 1.69. The van der Waals surface area contributed by atoms with Crippen molar-refractivity contribution in [1.82, 2.24) is 5.32 Å². The van der Waals surface area contributed by atoms with E-state index in [4.69, 9.17) is 9.47 Å². The van der Waals surface area contributed by atoms with Crippen LogP contribution < -0.4 is 5.32 Å². The van der Waals surface area contributed by atoms with Crippen molar-refractivity contribution in [2.24, 2.45) is 11.8 Å². The molecular formula is C18H25NO5. The normalized spacial score (nSPS) is 16.5. The molecule has 0 spiro atoms. The zero-order valence-corrected chi connectivity index (χ0v) is 14.0. The molecule has 0 aromatic heterocycles. The Labute approximate surface area is 142 Å². The number of hydrogen-bond acceptors (Lipinski definition) is 4. The molecule has 1 aromatic carbocycles. The Balaban J connectivity index is 1.86. The smallest absolute Gasteiger partial charge is 0.308 e. The first-order valence-corrected chi connectivity index (χ1v) is 8.24. The van der Waals surface area contributed by atoms with E-state index < -0.39 is 11.9 Å². The van der Waals surface area contributed by atoms with Gasteiger partial charge in [-0.1, -0.05) is 24.3 Å². The van der Waals surface area contributed by atoms with Crippen LogP contribution in [0.1, 0.15) is 24.0 Å². The highest BCUT2D eigenvalue weighted by Gasteiger charge is 2.29. The van der Waals surface area contributed by atoms with E-state index in [2.05, 4.69) is 5.32 Å². The summed E-state index contributed by atoms with van der Waals surface area (Å²) >= 11 is 0. The molecule has 0 aliphatic carbocycles. The lowest BCUT2D eigenvalue weighted by atomic mass is 9.86. The largest absolute Gasteiger partial charge is 0.481 e. The van der Waals surface area contributed by atoms with Gasteiger partial charge in [0.05, 0.1) is 18.9 Å². The molecule has 1 fully saturated rings. The second kappa shape index (κ2) is 9.39. The van der Waals surface area contributed by atoms with Gasteiger partial charge < -0.3 is 19.9 Å². The Morgan fingerprint density at radius 2 is 2.04 bits per heavy atom. The lowest BCUT2D eigenvalue weighted by molar-refractivity contribution is -0.144. The van der Waals surface area contributed by atoms with Gasteiger partial charge in [0.2, 0.25) is 5.91 Å². The van der Waals surface area contributed by atoms with Crippen molar-refractivity contribution in [3.63, 3.8) is 0 Å². The van der Waals surface area contributed by atoms with Crippen LogP contribution in [0.2, 0.25) is 0 Å². The van der Waals surface area contributed by atoms with Crippen LogP contribution in [0.4, 0.5) is 0 Å². The molecule has 1 amide bonds. The zero-order valence-electron chi connectivity index (χ0n) is 14.0. The molecule has 0 bridgehead atoms. The van der Waals surface area contributed by atoms with Crippen molar-refractivity contribution in [1.29, 1.82) is 0 Å². The number of nitrogens with one attached hydrogen (secondary N) is 1. The molecule has 1 heterocycles. The van der Waals surface area contributed by atoms with Crippen molar-refractivity contribution in [3.05, 3.63) is 35.4 Å². The van der Waals surface area contributed by atoms with Crippen LogP contribution >= 0.6 is 0 Å². The van der Waals surface area contributed by atoms with Gasteiger partial charge in [0, 0.05) is 26.9 Å². The van der Waals surface area contributed by atoms with E-state index in [0.717, 1.165) is 24.0 Å². The van der Waals surface area contributed by atoms with Gasteiger partial charge in [-0.15, -0.1) is 0 Å². The molecule has 24 heavy (non-hydrogen) atoms. The Hall–Kier alpha value is -1.92. The van der Waals surface area contributed by atoms with Gasteiger partial charge in [0.1, 0.15) is 0 Å². The van der Waals surface area contributed by atoms with E-state index >= 15 is 0 Å². The third-order valence-corrected chi connectivity index (χ3v) is 4.34. The summed E-state index contributed by atoms with van der Waals surface area (Å²) in [7, 11) is 1.63. The van der Waals surface area contributed by atoms with Crippen LogP contribution in [-0.4, -0.2) is 43.9 Å². The van der Waals surface area contributed by atoms with Gasteiger partial charge in [0.15, 0.2) is 0 Å². The van der Waals surface area contributed by atoms with Gasteiger partial charge in [-0.25, -0.2) is 0 Å². The second-order valence-corrected chi connectivity index (χ2v) is 6.13. The number of benzene rings is 1. The summed E-state index contributed by atoms with van der Waals surface area (Å²) < 4.78 is 10.4. The highest BCUT2D eigenvalue weighted by atomic mass is 16.5. The Bertz CT molecular complexity index is 554. The SMILES string of the molecule is COCc1cccc(CC(=O)NCC(C(=O)O)C2CCOCC2)c1. The molecule has 6 heteroatoms. The zero-order chi connectivity index (χ0) is 17.4. The number of carbonyl (C=O) groups excluding carboxylic acids is 1. The van der Waals surface area contributed by atoms with E-state index in [1.54, 1.807) is 7.11 Å². The topological polar surface area (TPSA) is 84.9 Å². The lowest BCUT2D eigenvalue weighted by Crippen LogP contribution is -2.39. The number of aliphatic carboxylic acids is 1. The van der Waals surface area contributed by atoms with E-state index in [1.165, 1.54) is 0 Å². The number of rotatable bonds is 8. The first-order chi connectivity index (χ1) is 11.6. The Morgan fingerprint density at radius 3 is 2.71 bits per heavy atom. The van der Waals surface area contributed by atoms with Gasteiger partial charge in [0.25, 0.3) is 0 Å². The number of amides is 1. The fraction of sp³-hybridized carbons (Fsp3) is 0.556. The number of carboxylic acid groups (broad SMARTS) is 1. The van der Waals surface area contributed by atoms with Crippen LogP contribution in [0.15, 0.2) is 24.3 Å². The summed E-state index contributed by atoms with van der Waals surface area (Å²) in [4.78, 5) is 23.6. The molecule has 1 aliphatic heterocycles. The standard InChI is InChI=1S/C18H25NO5/c1-23-12-14-4-2-3-13(9-14)10-17(20)19-11-16(18(21)22)15-5-7-24-8-6-15/h2-4,9,15-16H,5-8,10-12H2,1H3,(H,19,20)(H,21,22). The maximum absolute atomic E-state index is 12.1. The molecule has 0 saturated carbocycles. The molecular weight excluding hydrogens is 310 g/mol. The highest BCUT2D eigenvalue weighted by Crippen LogP contribution is 2.23. The minimum atomic E-state index is -0.857. The number of hydrogen-bond donors (Lipinski definition) is 2. The number of ether oxygens (including phenoxy) is 2. The number of carbonyl (C=O) groups is 2. The monoisotopic (exact) mass is 335 g/mol. The van der Waals surface area contributed by atoms with Crippen molar-refractivity contribution in [2.75, 3.05) is 26.9 Å². The molecule has 132 valence electrons. The minimum Gasteiger partial charge on any atom is -0.481 e. The highest BCUT2D eigenvalue weighted by molar-refractivity contribution is 5.79. The number of carboxylic acids is 1. The summed E-state index contributed by atoms with van der Waals surface area (Å²) in [6.45, 7) is 1.85. The second-order valence-electron chi connectivity index (χ2n) is 6.13. The number of methoxy groups -OCH3 is 1.